The Hall–Kier alpha value is -1.05. The second kappa shape index (κ2) is 6.83. The maximum atomic E-state index is 11.5. The fraction of sp³-hybridized carbons (Fsp3) is 0.762. The molecule has 0 amide bonds. The molecule has 2 nitrogen and oxygen atoms in total. The molecule has 0 saturated heterocycles. The lowest BCUT2D eigenvalue weighted by molar-refractivity contribution is -0.141. The Kier molecular flexibility index (Phi) is 5.43. The Bertz CT molecular complexity index is 492. The largest absolute Gasteiger partial charge is 0.469 e. The van der Waals surface area contributed by atoms with Crippen LogP contribution in [0.1, 0.15) is 66.2 Å². The van der Waals surface area contributed by atoms with Crippen LogP contribution in [0.2, 0.25) is 0 Å². The lowest BCUT2D eigenvalue weighted by Gasteiger charge is -2.57. The van der Waals surface area contributed by atoms with Crippen LogP contribution < -0.4 is 0 Å². The van der Waals surface area contributed by atoms with E-state index in [0.717, 1.165) is 12.3 Å². The van der Waals surface area contributed by atoms with Crippen molar-refractivity contribution in [3.05, 3.63) is 24.3 Å². The minimum atomic E-state index is -0.0850. The third kappa shape index (κ3) is 3.41. The summed E-state index contributed by atoms with van der Waals surface area (Å²) in [5.41, 5.74) is 1.89. The summed E-state index contributed by atoms with van der Waals surface area (Å²) >= 11 is 0. The second-order valence-electron chi connectivity index (χ2n) is 8.50. The Balaban J connectivity index is 2.12. The van der Waals surface area contributed by atoms with E-state index in [4.69, 9.17) is 4.74 Å². The van der Waals surface area contributed by atoms with Crippen LogP contribution in [0.15, 0.2) is 24.3 Å². The molecular weight excluding hydrogens is 284 g/mol. The lowest BCUT2D eigenvalue weighted by Crippen LogP contribution is -2.49. The molecule has 0 aliphatic heterocycles. The molecule has 23 heavy (non-hydrogen) atoms. The van der Waals surface area contributed by atoms with E-state index < -0.39 is 0 Å². The summed E-state index contributed by atoms with van der Waals surface area (Å²) < 4.78 is 4.82. The summed E-state index contributed by atoms with van der Waals surface area (Å²) in [7, 11) is 1.48. The van der Waals surface area contributed by atoms with Crippen LogP contribution in [0, 0.1) is 28.6 Å². The minimum Gasteiger partial charge on any atom is -0.469 e. The minimum absolute atomic E-state index is 0.0850. The molecule has 0 aromatic rings. The first-order valence-corrected chi connectivity index (χ1v) is 9.16. The van der Waals surface area contributed by atoms with E-state index in [9.17, 15) is 4.79 Å². The highest BCUT2D eigenvalue weighted by Gasteiger charge is 2.52. The molecule has 0 aromatic carbocycles. The molecule has 2 rings (SSSR count). The van der Waals surface area contributed by atoms with Gasteiger partial charge in [0.25, 0.3) is 0 Å². The molecule has 0 bridgehead atoms. The molecule has 0 heterocycles. The number of carbonyl (C=O) groups is 1. The summed E-state index contributed by atoms with van der Waals surface area (Å²) in [4.78, 5) is 11.5. The highest BCUT2D eigenvalue weighted by molar-refractivity contribution is 5.69. The van der Waals surface area contributed by atoms with E-state index in [2.05, 4.69) is 46.4 Å². The van der Waals surface area contributed by atoms with Crippen LogP contribution >= 0.6 is 0 Å². The van der Waals surface area contributed by atoms with Crippen molar-refractivity contribution in [1.29, 1.82) is 0 Å². The number of hydrogen-bond acceptors (Lipinski definition) is 2. The Morgan fingerprint density at radius 3 is 2.83 bits per heavy atom. The molecule has 5 atom stereocenters. The van der Waals surface area contributed by atoms with Gasteiger partial charge >= 0.3 is 5.97 Å². The van der Waals surface area contributed by atoms with Crippen molar-refractivity contribution in [1.82, 2.24) is 0 Å². The van der Waals surface area contributed by atoms with E-state index in [0.29, 0.717) is 23.7 Å². The summed E-state index contributed by atoms with van der Waals surface area (Å²) in [6, 6.07) is 0. The zero-order valence-corrected chi connectivity index (χ0v) is 15.7. The van der Waals surface area contributed by atoms with Gasteiger partial charge in [-0.3, -0.25) is 4.79 Å². The van der Waals surface area contributed by atoms with Gasteiger partial charge in [0.2, 0.25) is 0 Å². The number of esters is 1. The predicted octanol–water partition coefficient (Wildman–Crippen LogP) is 5.54. The number of hydrogen-bond donors (Lipinski definition) is 0. The maximum absolute atomic E-state index is 11.5. The molecule has 1 fully saturated rings. The molecular formula is C21H34O2. The number of allylic oxidation sites excluding steroid dienone is 3. The molecule has 2 heteroatoms. The van der Waals surface area contributed by atoms with Gasteiger partial charge in [-0.1, -0.05) is 46.4 Å². The van der Waals surface area contributed by atoms with Crippen LogP contribution in [0.4, 0.5) is 0 Å². The molecule has 0 spiro atoms. The van der Waals surface area contributed by atoms with Crippen molar-refractivity contribution in [2.75, 3.05) is 7.11 Å². The van der Waals surface area contributed by atoms with Crippen molar-refractivity contribution >= 4 is 5.97 Å². The van der Waals surface area contributed by atoms with Gasteiger partial charge in [-0.15, -0.1) is 0 Å². The standard InChI is InChI=1S/C21H34O2/c1-15(14-19(22)23-6)10-12-20(4)17(3)11-13-21(5)16(2)8-7-9-18(20)21/h7-8,15,17-18H,2,9-14H2,1,3-6H3/t15?,17-,18-,20+,21+/m1/s1. The summed E-state index contributed by atoms with van der Waals surface area (Å²) in [5.74, 6) is 1.70. The second-order valence-corrected chi connectivity index (χ2v) is 8.50. The van der Waals surface area contributed by atoms with Crippen LogP contribution in [-0.4, -0.2) is 13.1 Å². The fourth-order valence-corrected chi connectivity index (χ4v) is 4.99. The topological polar surface area (TPSA) is 26.3 Å². The number of fused-ring (bicyclic) bond motifs is 1. The smallest absolute Gasteiger partial charge is 0.305 e. The van der Waals surface area contributed by atoms with E-state index in [1.54, 1.807) is 0 Å². The average molecular weight is 319 g/mol. The van der Waals surface area contributed by atoms with Gasteiger partial charge < -0.3 is 4.74 Å². The van der Waals surface area contributed by atoms with Crippen molar-refractivity contribution in [3.8, 4) is 0 Å². The first-order chi connectivity index (χ1) is 10.7. The Labute approximate surface area is 142 Å². The van der Waals surface area contributed by atoms with Crippen LogP contribution in [0.25, 0.3) is 0 Å². The SMILES string of the molecule is C=C1C=CC[C@@H]2[C@@](C)(CCC(C)CC(=O)OC)[C@H](C)CC[C@@]12C. The summed E-state index contributed by atoms with van der Waals surface area (Å²) in [6.07, 6.45) is 11.1. The van der Waals surface area contributed by atoms with Gasteiger partial charge in [0.1, 0.15) is 0 Å². The van der Waals surface area contributed by atoms with E-state index >= 15 is 0 Å². The molecule has 2 aliphatic carbocycles. The molecule has 0 radical (unpaired) electrons. The molecule has 0 N–H and O–H groups in total. The molecule has 2 aliphatic rings. The predicted molar refractivity (Wildman–Crippen MR) is 96.0 cm³/mol. The van der Waals surface area contributed by atoms with Crippen LogP contribution in [0.5, 0.6) is 0 Å². The fourth-order valence-electron chi connectivity index (χ4n) is 4.99. The zero-order chi connectivity index (χ0) is 17.3. The monoisotopic (exact) mass is 318 g/mol. The number of rotatable bonds is 5. The van der Waals surface area contributed by atoms with Gasteiger partial charge in [-0.05, 0) is 66.3 Å². The van der Waals surface area contributed by atoms with Crippen molar-refractivity contribution in [3.63, 3.8) is 0 Å². The van der Waals surface area contributed by atoms with Gasteiger partial charge in [0.15, 0.2) is 0 Å². The zero-order valence-electron chi connectivity index (χ0n) is 15.7. The number of carbonyl (C=O) groups excluding carboxylic acids is 1. The van der Waals surface area contributed by atoms with Gasteiger partial charge in [0.05, 0.1) is 7.11 Å². The highest BCUT2D eigenvalue weighted by Crippen LogP contribution is 2.61. The third-order valence-electron chi connectivity index (χ3n) is 7.13. The Morgan fingerprint density at radius 1 is 1.48 bits per heavy atom. The van der Waals surface area contributed by atoms with Gasteiger partial charge in [0, 0.05) is 6.42 Å². The first-order valence-electron chi connectivity index (χ1n) is 9.16. The van der Waals surface area contributed by atoms with Gasteiger partial charge in [-0.25, -0.2) is 0 Å². The normalized spacial score (nSPS) is 38.0. The summed E-state index contributed by atoms with van der Waals surface area (Å²) in [5, 5.41) is 0. The number of ether oxygens (including phenoxy) is 1. The molecule has 1 unspecified atom stereocenters. The van der Waals surface area contributed by atoms with Crippen molar-refractivity contribution < 1.29 is 9.53 Å². The first kappa shape index (κ1) is 18.3. The molecule has 0 aromatic heterocycles. The Morgan fingerprint density at radius 2 is 2.17 bits per heavy atom. The summed E-state index contributed by atoms with van der Waals surface area (Å²) in [6.45, 7) is 13.9. The highest BCUT2D eigenvalue weighted by atomic mass is 16.5. The van der Waals surface area contributed by atoms with Gasteiger partial charge in [-0.2, -0.15) is 0 Å². The average Bonchev–Trinajstić information content (AvgIpc) is 2.52. The maximum Gasteiger partial charge on any atom is 0.305 e. The van der Waals surface area contributed by atoms with Crippen molar-refractivity contribution in [2.24, 2.45) is 28.6 Å². The third-order valence-corrected chi connectivity index (χ3v) is 7.13. The van der Waals surface area contributed by atoms with Crippen LogP contribution in [0.3, 0.4) is 0 Å². The van der Waals surface area contributed by atoms with Crippen LogP contribution in [-0.2, 0) is 9.53 Å². The molecule has 130 valence electrons. The quantitative estimate of drug-likeness (QED) is 0.622. The number of methoxy groups -OCH3 is 1. The lowest BCUT2D eigenvalue weighted by atomic mass is 9.47. The van der Waals surface area contributed by atoms with E-state index in [1.165, 1.54) is 38.4 Å². The van der Waals surface area contributed by atoms with Crippen molar-refractivity contribution in [2.45, 2.75) is 66.2 Å². The molecule has 1 saturated carbocycles. The van der Waals surface area contributed by atoms with E-state index in [-0.39, 0.29) is 11.4 Å². The van der Waals surface area contributed by atoms with E-state index in [1.807, 2.05) is 0 Å².